The third-order valence-corrected chi connectivity index (χ3v) is 3.09. The smallest absolute Gasteiger partial charge is 0.293 e. The molecule has 6 heteroatoms. The van der Waals surface area contributed by atoms with Crippen molar-refractivity contribution in [1.82, 2.24) is 0 Å². The van der Waals surface area contributed by atoms with Gasteiger partial charge in [-0.05, 0) is 25.0 Å². The third-order valence-electron chi connectivity index (χ3n) is 3.09. The zero-order valence-corrected chi connectivity index (χ0v) is 10.3. The Hall–Kier alpha value is -2.42. The number of benzene rings is 1. The van der Waals surface area contributed by atoms with Gasteiger partial charge in [0.1, 0.15) is 12.0 Å². The van der Waals surface area contributed by atoms with Crippen molar-refractivity contribution in [2.75, 3.05) is 11.4 Å². The Bertz CT molecular complexity index is 547. The molecule has 6 nitrogen and oxygen atoms in total. The molecule has 0 aliphatic heterocycles. The van der Waals surface area contributed by atoms with Crippen LogP contribution in [0.2, 0.25) is 0 Å². The quantitative estimate of drug-likeness (QED) is 0.444. The highest BCUT2D eigenvalue weighted by Gasteiger charge is 2.32. The fourth-order valence-electron chi connectivity index (χ4n) is 2.06. The lowest BCUT2D eigenvalue weighted by molar-refractivity contribution is -0.384. The molecule has 0 saturated heterocycles. The molecule has 0 unspecified atom stereocenters. The number of hydrogen-bond acceptors (Lipinski definition) is 5. The number of nitro groups is 1. The normalized spacial score (nSPS) is 13.6. The van der Waals surface area contributed by atoms with E-state index >= 15 is 0 Å². The van der Waals surface area contributed by atoms with E-state index in [1.165, 1.54) is 6.07 Å². The molecule has 0 atom stereocenters. The first kappa shape index (κ1) is 13.0. The molecule has 2 rings (SSSR count). The Balaban J connectivity index is 2.37. The van der Waals surface area contributed by atoms with E-state index in [2.05, 4.69) is 6.07 Å². The molecule has 1 saturated carbocycles. The molecular weight excluding hydrogens is 246 g/mol. The van der Waals surface area contributed by atoms with Crippen LogP contribution in [-0.4, -0.2) is 23.8 Å². The fraction of sp³-hybridized carbons (Fsp3) is 0.385. The second-order valence-corrected chi connectivity index (χ2v) is 4.46. The second-order valence-electron chi connectivity index (χ2n) is 4.46. The van der Waals surface area contributed by atoms with Crippen LogP contribution in [0.25, 0.3) is 0 Å². The van der Waals surface area contributed by atoms with Crippen LogP contribution in [0.4, 0.5) is 11.4 Å². The van der Waals surface area contributed by atoms with Gasteiger partial charge < -0.3 is 4.90 Å². The molecule has 0 N–H and O–H groups in total. The summed E-state index contributed by atoms with van der Waals surface area (Å²) in [6.07, 6.45) is 2.88. The van der Waals surface area contributed by atoms with E-state index in [0.29, 0.717) is 24.9 Å². The van der Waals surface area contributed by atoms with Crippen LogP contribution in [0.5, 0.6) is 0 Å². The van der Waals surface area contributed by atoms with Crippen molar-refractivity contribution >= 4 is 17.7 Å². The minimum atomic E-state index is -0.482. The van der Waals surface area contributed by atoms with Crippen LogP contribution < -0.4 is 4.90 Å². The van der Waals surface area contributed by atoms with E-state index in [-0.39, 0.29) is 17.3 Å². The first-order chi connectivity index (χ1) is 9.17. The topological polar surface area (TPSA) is 87.2 Å². The number of nitrogens with zero attached hydrogens (tertiary/aromatic N) is 3. The van der Waals surface area contributed by atoms with Gasteiger partial charge >= 0.3 is 0 Å². The van der Waals surface area contributed by atoms with E-state index in [1.54, 1.807) is 12.1 Å². The molecule has 0 spiro atoms. The molecule has 1 aromatic rings. The monoisotopic (exact) mass is 259 g/mol. The minimum absolute atomic E-state index is 0.0746. The molecule has 98 valence electrons. The number of anilines is 1. The molecule has 1 aliphatic rings. The van der Waals surface area contributed by atoms with Gasteiger partial charge in [-0.1, -0.05) is 0 Å². The Labute approximate surface area is 110 Å². The SMILES string of the molecule is N#CCCN(c1ccc(C=O)cc1[N+](=O)[O-])C1CC1. The highest BCUT2D eigenvalue weighted by molar-refractivity contribution is 5.79. The van der Waals surface area contributed by atoms with Crippen molar-refractivity contribution in [2.24, 2.45) is 0 Å². The molecular formula is C13H13N3O3. The van der Waals surface area contributed by atoms with Crippen molar-refractivity contribution in [3.8, 4) is 6.07 Å². The summed E-state index contributed by atoms with van der Waals surface area (Å²) in [6, 6.07) is 6.77. The largest absolute Gasteiger partial charge is 0.362 e. The highest BCUT2D eigenvalue weighted by Crippen LogP contribution is 2.37. The molecule has 19 heavy (non-hydrogen) atoms. The second kappa shape index (κ2) is 5.48. The molecule has 0 bridgehead atoms. The first-order valence-corrected chi connectivity index (χ1v) is 6.04. The number of rotatable bonds is 6. The van der Waals surface area contributed by atoms with Gasteiger partial charge in [0.15, 0.2) is 0 Å². The van der Waals surface area contributed by atoms with Crippen molar-refractivity contribution in [3.05, 3.63) is 33.9 Å². The third kappa shape index (κ3) is 2.88. The summed E-state index contributed by atoms with van der Waals surface area (Å²) in [6.45, 7) is 0.475. The van der Waals surface area contributed by atoms with Gasteiger partial charge in [0.05, 0.1) is 17.4 Å². The highest BCUT2D eigenvalue weighted by atomic mass is 16.6. The van der Waals surface area contributed by atoms with Crippen LogP contribution in [0.3, 0.4) is 0 Å². The average molecular weight is 259 g/mol. The lowest BCUT2D eigenvalue weighted by atomic mass is 10.1. The van der Waals surface area contributed by atoms with Crippen LogP contribution in [0.15, 0.2) is 18.2 Å². The maximum absolute atomic E-state index is 11.1. The van der Waals surface area contributed by atoms with E-state index in [4.69, 9.17) is 5.26 Å². The van der Waals surface area contributed by atoms with Gasteiger partial charge in [0.2, 0.25) is 0 Å². The number of aldehydes is 1. The summed E-state index contributed by atoms with van der Waals surface area (Å²) in [4.78, 5) is 23.2. The Morgan fingerprint density at radius 1 is 1.53 bits per heavy atom. The summed E-state index contributed by atoms with van der Waals surface area (Å²) in [5, 5.41) is 19.8. The summed E-state index contributed by atoms with van der Waals surface area (Å²) >= 11 is 0. The van der Waals surface area contributed by atoms with Gasteiger partial charge in [-0.25, -0.2) is 0 Å². The predicted octanol–water partition coefficient (Wildman–Crippen LogP) is 2.29. The predicted molar refractivity (Wildman–Crippen MR) is 69.1 cm³/mol. The summed E-state index contributed by atoms with van der Waals surface area (Å²) < 4.78 is 0. The standard InChI is InChI=1S/C13H13N3O3/c14-6-1-7-15(11-3-4-11)12-5-2-10(9-17)8-13(12)16(18)19/h2,5,8-9,11H,1,3-4,7H2. The van der Waals surface area contributed by atoms with Gasteiger partial charge in [-0.3, -0.25) is 14.9 Å². The van der Waals surface area contributed by atoms with Crippen LogP contribution in [-0.2, 0) is 0 Å². The Morgan fingerprint density at radius 3 is 2.79 bits per heavy atom. The molecule has 1 aliphatic carbocycles. The molecule has 0 aromatic heterocycles. The lowest BCUT2D eigenvalue weighted by Gasteiger charge is -2.23. The maximum Gasteiger partial charge on any atom is 0.293 e. The zero-order chi connectivity index (χ0) is 13.8. The molecule has 0 heterocycles. The van der Waals surface area contributed by atoms with Gasteiger partial charge in [0.25, 0.3) is 5.69 Å². The van der Waals surface area contributed by atoms with Crippen LogP contribution in [0.1, 0.15) is 29.6 Å². The summed E-state index contributed by atoms with van der Waals surface area (Å²) in [5.74, 6) is 0. The van der Waals surface area contributed by atoms with E-state index in [0.717, 1.165) is 12.8 Å². The van der Waals surface area contributed by atoms with E-state index in [9.17, 15) is 14.9 Å². The van der Waals surface area contributed by atoms with Crippen LogP contribution in [0, 0.1) is 21.4 Å². The first-order valence-electron chi connectivity index (χ1n) is 6.04. The number of nitriles is 1. The lowest BCUT2D eigenvalue weighted by Crippen LogP contribution is -2.27. The Kier molecular flexibility index (Phi) is 3.76. The number of nitro benzene ring substituents is 1. The molecule has 0 amide bonds. The van der Waals surface area contributed by atoms with Crippen molar-refractivity contribution in [2.45, 2.75) is 25.3 Å². The average Bonchev–Trinajstić information content (AvgIpc) is 3.23. The van der Waals surface area contributed by atoms with Gasteiger partial charge in [-0.15, -0.1) is 0 Å². The van der Waals surface area contributed by atoms with Crippen molar-refractivity contribution < 1.29 is 9.72 Å². The number of hydrogen-bond donors (Lipinski definition) is 0. The van der Waals surface area contributed by atoms with Gasteiger partial charge in [0, 0.05) is 24.2 Å². The fourth-order valence-corrected chi connectivity index (χ4v) is 2.06. The van der Waals surface area contributed by atoms with Crippen molar-refractivity contribution in [1.29, 1.82) is 5.26 Å². The molecule has 0 radical (unpaired) electrons. The maximum atomic E-state index is 11.1. The number of carbonyl (C=O) groups is 1. The van der Waals surface area contributed by atoms with Crippen LogP contribution >= 0.6 is 0 Å². The Morgan fingerprint density at radius 2 is 2.26 bits per heavy atom. The summed E-state index contributed by atoms with van der Waals surface area (Å²) in [7, 11) is 0. The van der Waals surface area contributed by atoms with E-state index < -0.39 is 4.92 Å². The van der Waals surface area contributed by atoms with Crippen molar-refractivity contribution in [3.63, 3.8) is 0 Å². The van der Waals surface area contributed by atoms with E-state index in [1.807, 2.05) is 4.90 Å². The number of carbonyl (C=O) groups excluding carboxylic acids is 1. The molecule has 1 aromatic carbocycles. The minimum Gasteiger partial charge on any atom is -0.362 e. The zero-order valence-electron chi connectivity index (χ0n) is 10.3. The summed E-state index contributed by atoms with van der Waals surface area (Å²) in [5.41, 5.74) is 0.703. The van der Waals surface area contributed by atoms with Gasteiger partial charge in [-0.2, -0.15) is 5.26 Å². The molecule has 1 fully saturated rings.